The Morgan fingerprint density at radius 3 is 2.87 bits per heavy atom. The lowest BCUT2D eigenvalue weighted by atomic mass is 10.1. The van der Waals surface area contributed by atoms with Gasteiger partial charge in [-0.25, -0.2) is 4.98 Å². The van der Waals surface area contributed by atoms with Crippen molar-refractivity contribution in [3.63, 3.8) is 0 Å². The van der Waals surface area contributed by atoms with E-state index in [-0.39, 0.29) is 5.15 Å². The zero-order chi connectivity index (χ0) is 11.3. The molecule has 0 unspecified atom stereocenters. The average molecular weight is 246 g/mol. The Hall–Kier alpha value is -1.13. The summed E-state index contributed by atoms with van der Waals surface area (Å²) in [6.07, 6.45) is 3.36. The second-order valence-electron chi connectivity index (χ2n) is 2.75. The molecule has 0 aliphatic carbocycles. The predicted molar refractivity (Wildman–Crippen MR) is 61.6 cm³/mol. The van der Waals surface area contributed by atoms with Gasteiger partial charge in [0, 0.05) is 19.7 Å². The Morgan fingerprint density at radius 1 is 1.60 bits per heavy atom. The van der Waals surface area contributed by atoms with Gasteiger partial charge in [0.25, 0.3) is 0 Å². The Balaban J connectivity index is 2.85. The Kier molecular flexibility index (Phi) is 4.52. The summed E-state index contributed by atoms with van der Waals surface area (Å²) in [7, 11) is 1.61. The summed E-state index contributed by atoms with van der Waals surface area (Å²) < 4.78 is 0. The van der Waals surface area contributed by atoms with E-state index < -0.39 is 0 Å². The van der Waals surface area contributed by atoms with Crippen LogP contribution in [0.1, 0.15) is 5.56 Å². The van der Waals surface area contributed by atoms with E-state index in [1.54, 1.807) is 19.3 Å². The zero-order valence-electron chi connectivity index (χ0n) is 7.98. The van der Waals surface area contributed by atoms with Crippen molar-refractivity contribution in [2.24, 2.45) is 10.1 Å². The normalized spacial score (nSPS) is 12.3. The minimum absolute atomic E-state index is 0.270. The molecule has 1 aromatic rings. The van der Waals surface area contributed by atoms with Gasteiger partial charge >= 0.3 is 0 Å². The van der Waals surface area contributed by atoms with Crippen LogP contribution >= 0.6 is 23.2 Å². The summed E-state index contributed by atoms with van der Waals surface area (Å²) in [5.74, 6) is 0. The predicted octanol–water partition coefficient (Wildman–Crippen LogP) is 2.46. The monoisotopic (exact) mass is 245 g/mol. The molecule has 0 aliphatic rings. The first kappa shape index (κ1) is 11.9. The topological polar surface area (TPSA) is 57.8 Å². The van der Waals surface area contributed by atoms with Gasteiger partial charge in [0.1, 0.15) is 5.15 Å². The third-order valence-electron chi connectivity index (χ3n) is 1.73. The van der Waals surface area contributed by atoms with E-state index in [0.717, 1.165) is 5.56 Å². The number of aliphatic imine (C=N–C) groups is 1. The van der Waals surface area contributed by atoms with Gasteiger partial charge in [-0.05, 0) is 11.6 Å². The average Bonchev–Trinajstić information content (AvgIpc) is 2.23. The zero-order valence-corrected chi connectivity index (χ0v) is 9.50. The van der Waals surface area contributed by atoms with Crippen molar-refractivity contribution in [3.8, 4) is 0 Å². The van der Waals surface area contributed by atoms with Crippen LogP contribution in [0.3, 0.4) is 0 Å². The third kappa shape index (κ3) is 3.49. The molecule has 15 heavy (non-hydrogen) atoms. The molecule has 1 aromatic heterocycles. The van der Waals surface area contributed by atoms with Crippen LogP contribution in [0.2, 0.25) is 10.2 Å². The van der Waals surface area contributed by atoms with Crippen molar-refractivity contribution in [2.75, 3.05) is 7.05 Å². The number of halogens is 2. The molecule has 0 aromatic carbocycles. The van der Waals surface area contributed by atoms with E-state index in [4.69, 9.17) is 28.4 Å². The summed E-state index contributed by atoms with van der Waals surface area (Å²) in [4.78, 5) is 7.83. The second-order valence-corrected chi connectivity index (χ2v) is 3.52. The Bertz CT molecular complexity index is 404. The van der Waals surface area contributed by atoms with E-state index in [1.165, 1.54) is 6.21 Å². The van der Waals surface area contributed by atoms with Gasteiger partial charge in [-0.15, -0.1) is 0 Å². The van der Waals surface area contributed by atoms with Gasteiger partial charge in [0.05, 0.1) is 16.9 Å². The van der Waals surface area contributed by atoms with Crippen molar-refractivity contribution < 1.29 is 5.21 Å². The molecule has 1 N–H and O–H groups in total. The molecule has 0 atom stereocenters. The van der Waals surface area contributed by atoms with Crippen LogP contribution in [0.25, 0.3) is 0 Å². The van der Waals surface area contributed by atoms with E-state index in [1.807, 2.05) is 0 Å². The molecule has 0 saturated heterocycles. The van der Waals surface area contributed by atoms with E-state index in [2.05, 4.69) is 15.1 Å². The molecule has 0 fully saturated rings. The summed E-state index contributed by atoms with van der Waals surface area (Å²) in [6, 6.07) is 1.70. The fourth-order valence-electron chi connectivity index (χ4n) is 1.02. The van der Waals surface area contributed by atoms with Gasteiger partial charge in [-0.1, -0.05) is 28.4 Å². The van der Waals surface area contributed by atoms with Gasteiger partial charge in [-0.2, -0.15) is 0 Å². The number of nitrogens with zero attached hydrogens (tertiary/aromatic N) is 3. The highest BCUT2D eigenvalue weighted by Crippen LogP contribution is 2.19. The van der Waals surface area contributed by atoms with Gasteiger partial charge in [0.2, 0.25) is 0 Å². The SMILES string of the molecule is CN=C(C=NO)Cc1cnc(Cl)c(Cl)c1. The lowest BCUT2D eigenvalue weighted by Gasteiger charge is -2.01. The lowest BCUT2D eigenvalue weighted by molar-refractivity contribution is 0.322. The fraction of sp³-hybridized carbons (Fsp3) is 0.222. The van der Waals surface area contributed by atoms with Crippen LogP contribution in [0.5, 0.6) is 0 Å². The number of oxime groups is 1. The highest BCUT2D eigenvalue weighted by molar-refractivity contribution is 6.41. The highest BCUT2D eigenvalue weighted by atomic mass is 35.5. The highest BCUT2D eigenvalue weighted by Gasteiger charge is 2.03. The molecule has 4 nitrogen and oxygen atoms in total. The van der Waals surface area contributed by atoms with E-state index in [9.17, 15) is 0 Å². The van der Waals surface area contributed by atoms with Crippen molar-refractivity contribution >= 4 is 35.1 Å². The second kappa shape index (κ2) is 5.68. The first-order valence-electron chi connectivity index (χ1n) is 4.10. The Morgan fingerprint density at radius 2 is 2.33 bits per heavy atom. The maximum absolute atomic E-state index is 8.37. The molecule has 1 rings (SSSR count). The summed E-state index contributed by atoms with van der Waals surface area (Å²) in [6.45, 7) is 0. The summed E-state index contributed by atoms with van der Waals surface area (Å²) in [5, 5.41) is 11.9. The number of rotatable bonds is 3. The van der Waals surface area contributed by atoms with Crippen molar-refractivity contribution in [3.05, 3.63) is 28.0 Å². The summed E-state index contributed by atoms with van der Waals surface area (Å²) in [5.41, 5.74) is 1.47. The maximum Gasteiger partial charge on any atom is 0.147 e. The lowest BCUT2D eigenvalue weighted by Crippen LogP contribution is -2.05. The third-order valence-corrected chi connectivity index (χ3v) is 2.42. The van der Waals surface area contributed by atoms with Gasteiger partial charge in [0.15, 0.2) is 0 Å². The van der Waals surface area contributed by atoms with Crippen molar-refractivity contribution in [1.82, 2.24) is 4.98 Å². The fourth-order valence-corrected chi connectivity index (χ4v) is 1.31. The standard InChI is InChI=1S/C9H9Cl2N3O/c1-12-7(5-14-15)2-6-3-8(10)9(11)13-4-6/h3-5,15H,2H2,1H3. The van der Waals surface area contributed by atoms with Crippen LogP contribution in [-0.4, -0.2) is 29.2 Å². The van der Waals surface area contributed by atoms with Crippen molar-refractivity contribution in [1.29, 1.82) is 0 Å². The molecule has 1 heterocycles. The number of aromatic nitrogens is 1. The first-order valence-corrected chi connectivity index (χ1v) is 4.86. The van der Waals surface area contributed by atoms with Crippen LogP contribution in [0.15, 0.2) is 22.4 Å². The van der Waals surface area contributed by atoms with Crippen LogP contribution in [0, 0.1) is 0 Å². The van der Waals surface area contributed by atoms with Crippen LogP contribution in [-0.2, 0) is 6.42 Å². The molecule has 80 valence electrons. The van der Waals surface area contributed by atoms with Crippen LogP contribution < -0.4 is 0 Å². The van der Waals surface area contributed by atoms with Crippen LogP contribution in [0.4, 0.5) is 0 Å². The molecule has 0 spiro atoms. The molecule has 6 heteroatoms. The Labute approximate surface area is 97.3 Å². The van der Waals surface area contributed by atoms with Gasteiger partial charge < -0.3 is 5.21 Å². The number of pyridine rings is 1. The molecular weight excluding hydrogens is 237 g/mol. The molecule has 0 amide bonds. The number of hydrogen-bond acceptors (Lipinski definition) is 4. The minimum Gasteiger partial charge on any atom is -0.411 e. The minimum atomic E-state index is 0.270. The largest absolute Gasteiger partial charge is 0.411 e. The first-order chi connectivity index (χ1) is 7.17. The van der Waals surface area contributed by atoms with E-state index in [0.29, 0.717) is 17.2 Å². The molecule has 0 aliphatic heterocycles. The summed E-state index contributed by atoms with van der Waals surface area (Å²) >= 11 is 11.5. The smallest absolute Gasteiger partial charge is 0.147 e. The maximum atomic E-state index is 8.37. The molecule has 0 bridgehead atoms. The molecular formula is C9H9Cl2N3O. The molecule has 0 radical (unpaired) electrons. The van der Waals surface area contributed by atoms with E-state index >= 15 is 0 Å². The quantitative estimate of drug-likeness (QED) is 0.385. The number of hydrogen-bond donors (Lipinski definition) is 1. The van der Waals surface area contributed by atoms with Gasteiger partial charge in [-0.3, -0.25) is 4.99 Å². The molecule has 0 saturated carbocycles. The van der Waals surface area contributed by atoms with Crippen molar-refractivity contribution in [2.45, 2.75) is 6.42 Å².